The van der Waals surface area contributed by atoms with Crippen LogP contribution >= 0.6 is 0 Å². The molecule has 2 aromatic carbocycles. The van der Waals surface area contributed by atoms with Crippen LogP contribution in [0.1, 0.15) is 69.9 Å². The number of fused-ring (bicyclic) bond motifs is 3. The first-order chi connectivity index (χ1) is 15.3. The van der Waals surface area contributed by atoms with Gasteiger partial charge in [0.25, 0.3) is 0 Å². The minimum absolute atomic E-state index is 0.00839. The number of aromatic hydroxyl groups is 1. The number of ether oxygens (including phenoxy) is 1. The van der Waals surface area contributed by atoms with Crippen molar-refractivity contribution >= 4 is 11.6 Å². The molecule has 2 unspecified atom stereocenters. The summed E-state index contributed by atoms with van der Waals surface area (Å²) in [7, 11) is 0. The van der Waals surface area contributed by atoms with Gasteiger partial charge in [-0.3, -0.25) is 4.79 Å². The Labute approximate surface area is 191 Å². The van der Waals surface area contributed by atoms with Crippen molar-refractivity contribution in [3.63, 3.8) is 0 Å². The summed E-state index contributed by atoms with van der Waals surface area (Å²) < 4.78 is 6.20. The molecule has 1 aliphatic heterocycles. The van der Waals surface area contributed by atoms with Crippen LogP contribution in [0.2, 0.25) is 0 Å². The molecular weight excluding hydrogens is 398 g/mol. The van der Waals surface area contributed by atoms with Gasteiger partial charge in [-0.15, -0.1) is 0 Å². The van der Waals surface area contributed by atoms with Crippen molar-refractivity contribution in [3.05, 3.63) is 65.7 Å². The molecule has 1 aliphatic carbocycles. The summed E-state index contributed by atoms with van der Waals surface area (Å²) >= 11 is 0. The van der Waals surface area contributed by atoms with E-state index in [-0.39, 0.29) is 29.7 Å². The summed E-state index contributed by atoms with van der Waals surface area (Å²) in [5, 5.41) is 11.0. The maximum Gasteiger partial charge on any atom is 0.224 e. The number of hydrogen-bond acceptors (Lipinski definition) is 3. The monoisotopic (exact) mass is 433 g/mol. The zero-order valence-corrected chi connectivity index (χ0v) is 19.5. The van der Waals surface area contributed by atoms with Crippen LogP contribution in [0.5, 0.6) is 11.5 Å². The number of allylic oxidation sites excluding steroid dienone is 1. The number of carbonyl (C=O) groups is 1. The minimum atomic E-state index is 0.00839. The summed E-state index contributed by atoms with van der Waals surface area (Å²) in [4.78, 5) is 14.5. The van der Waals surface area contributed by atoms with E-state index in [1.54, 1.807) is 13.0 Å². The second-order valence-corrected chi connectivity index (χ2v) is 9.57. The summed E-state index contributed by atoms with van der Waals surface area (Å²) in [6.07, 6.45) is 5.86. The normalized spacial score (nSPS) is 23.3. The van der Waals surface area contributed by atoms with Crippen LogP contribution in [-0.2, 0) is 11.2 Å². The molecule has 0 spiro atoms. The number of hydrogen-bond donors (Lipinski definition) is 1. The maximum atomic E-state index is 12.6. The van der Waals surface area contributed by atoms with Crippen molar-refractivity contribution in [2.24, 2.45) is 5.92 Å². The Morgan fingerprint density at radius 3 is 2.75 bits per heavy atom. The van der Waals surface area contributed by atoms with Crippen LogP contribution in [0.25, 0.3) is 0 Å². The molecule has 0 aromatic heterocycles. The Balaban J connectivity index is 1.53. The minimum Gasteiger partial charge on any atom is -0.507 e. The third-order valence-corrected chi connectivity index (χ3v) is 7.22. The molecule has 4 nitrogen and oxygen atoms in total. The van der Waals surface area contributed by atoms with Gasteiger partial charge in [0.1, 0.15) is 11.5 Å². The maximum absolute atomic E-state index is 12.6. The second kappa shape index (κ2) is 9.40. The summed E-state index contributed by atoms with van der Waals surface area (Å²) in [5.41, 5.74) is 4.24. The SMILES string of the molecule is C=C1CC[C@H]2C(C1)c1c(O)cc(OC(C)CCCc3ccccc3)cc1N(C(C)=O)[C@@H]2C. The van der Waals surface area contributed by atoms with Crippen molar-refractivity contribution in [1.29, 1.82) is 0 Å². The number of carbonyl (C=O) groups excluding carboxylic acids is 1. The molecule has 0 bridgehead atoms. The molecule has 4 heteroatoms. The van der Waals surface area contributed by atoms with Crippen LogP contribution in [0.15, 0.2) is 54.6 Å². The first-order valence-corrected chi connectivity index (χ1v) is 11.9. The van der Waals surface area contributed by atoms with Crippen LogP contribution in [0.3, 0.4) is 0 Å². The molecule has 0 radical (unpaired) electrons. The molecule has 2 aliphatic rings. The largest absolute Gasteiger partial charge is 0.507 e. The molecule has 2 aromatic rings. The highest BCUT2D eigenvalue weighted by Gasteiger charge is 2.43. The molecule has 4 atom stereocenters. The van der Waals surface area contributed by atoms with Gasteiger partial charge in [0.15, 0.2) is 0 Å². The quantitative estimate of drug-likeness (QED) is 0.538. The standard InChI is InChI=1S/C28H35NO3/c1-18-13-14-24-20(3)29(21(4)30)26-16-23(17-27(31)28(26)25(24)15-18)32-19(2)9-8-12-22-10-6-5-7-11-22/h5-7,10-11,16-17,19-20,24-25,31H,1,8-9,12-15H2,2-4H3/t19?,20-,24-,25?/m1/s1. The third-order valence-electron chi connectivity index (χ3n) is 7.22. The second-order valence-electron chi connectivity index (χ2n) is 9.57. The van der Waals surface area contributed by atoms with Gasteiger partial charge < -0.3 is 14.7 Å². The Morgan fingerprint density at radius 1 is 1.28 bits per heavy atom. The van der Waals surface area contributed by atoms with E-state index in [9.17, 15) is 9.90 Å². The van der Waals surface area contributed by atoms with Crippen molar-refractivity contribution < 1.29 is 14.6 Å². The van der Waals surface area contributed by atoms with Crippen LogP contribution in [-0.4, -0.2) is 23.2 Å². The van der Waals surface area contributed by atoms with Crippen molar-refractivity contribution in [1.82, 2.24) is 0 Å². The number of nitrogens with zero attached hydrogens (tertiary/aromatic N) is 1. The summed E-state index contributed by atoms with van der Waals surface area (Å²) in [6, 6.07) is 14.3. The number of phenolic OH excluding ortho intramolecular Hbond substituents is 1. The van der Waals surface area contributed by atoms with E-state index in [1.807, 2.05) is 17.0 Å². The summed E-state index contributed by atoms with van der Waals surface area (Å²) in [5.74, 6) is 1.41. The fraction of sp³-hybridized carbons (Fsp3) is 0.464. The van der Waals surface area contributed by atoms with E-state index in [0.717, 1.165) is 49.8 Å². The average Bonchev–Trinajstić information content (AvgIpc) is 2.73. The first-order valence-electron chi connectivity index (χ1n) is 11.9. The van der Waals surface area contributed by atoms with Gasteiger partial charge in [0.05, 0.1) is 11.8 Å². The van der Waals surface area contributed by atoms with E-state index in [2.05, 4.69) is 44.7 Å². The van der Waals surface area contributed by atoms with Crippen molar-refractivity contribution in [2.45, 2.75) is 77.4 Å². The van der Waals surface area contributed by atoms with Crippen molar-refractivity contribution in [2.75, 3.05) is 4.90 Å². The van der Waals surface area contributed by atoms with Gasteiger partial charge in [0, 0.05) is 30.7 Å². The molecule has 1 fully saturated rings. The van der Waals surface area contributed by atoms with E-state index < -0.39 is 0 Å². The molecule has 1 saturated carbocycles. The Hall–Kier alpha value is -2.75. The zero-order valence-electron chi connectivity index (χ0n) is 19.5. The number of aryl methyl sites for hydroxylation is 1. The molecule has 170 valence electrons. The third kappa shape index (κ3) is 4.55. The van der Waals surface area contributed by atoms with E-state index in [4.69, 9.17) is 4.74 Å². The highest BCUT2D eigenvalue weighted by atomic mass is 16.5. The van der Waals surface area contributed by atoms with Gasteiger partial charge in [-0.25, -0.2) is 0 Å². The van der Waals surface area contributed by atoms with E-state index in [1.165, 1.54) is 11.1 Å². The Bertz CT molecular complexity index is 984. The summed E-state index contributed by atoms with van der Waals surface area (Å²) in [6.45, 7) is 10.0. The lowest BCUT2D eigenvalue weighted by molar-refractivity contribution is -0.117. The highest BCUT2D eigenvalue weighted by molar-refractivity contribution is 5.94. The Morgan fingerprint density at radius 2 is 2.03 bits per heavy atom. The number of amides is 1. The zero-order chi connectivity index (χ0) is 22.8. The molecule has 32 heavy (non-hydrogen) atoms. The number of anilines is 1. The highest BCUT2D eigenvalue weighted by Crippen LogP contribution is 2.53. The topological polar surface area (TPSA) is 49.8 Å². The number of phenols is 1. The van der Waals surface area contributed by atoms with Gasteiger partial charge in [-0.1, -0.05) is 42.5 Å². The lowest BCUT2D eigenvalue weighted by Gasteiger charge is -2.47. The fourth-order valence-corrected chi connectivity index (χ4v) is 5.67. The molecule has 0 saturated heterocycles. The molecule has 1 heterocycles. The van der Waals surface area contributed by atoms with Crippen LogP contribution in [0, 0.1) is 5.92 Å². The van der Waals surface area contributed by atoms with Crippen LogP contribution < -0.4 is 9.64 Å². The molecule has 1 amide bonds. The molecule has 1 N–H and O–H groups in total. The predicted octanol–water partition coefficient (Wildman–Crippen LogP) is 6.38. The Kier molecular flexibility index (Phi) is 6.59. The average molecular weight is 434 g/mol. The van der Waals surface area contributed by atoms with E-state index >= 15 is 0 Å². The smallest absolute Gasteiger partial charge is 0.224 e. The number of rotatable bonds is 6. The van der Waals surface area contributed by atoms with Gasteiger partial charge >= 0.3 is 0 Å². The lowest BCUT2D eigenvalue weighted by Crippen LogP contribution is -2.48. The fourth-order valence-electron chi connectivity index (χ4n) is 5.67. The van der Waals surface area contributed by atoms with Crippen molar-refractivity contribution in [3.8, 4) is 11.5 Å². The number of benzene rings is 2. The molecular formula is C28H35NO3. The molecule has 4 rings (SSSR count). The first kappa shape index (κ1) is 22.4. The van der Waals surface area contributed by atoms with Gasteiger partial charge in [-0.05, 0) is 69.8 Å². The van der Waals surface area contributed by atoms with Crippen LogP contribution in [0.4, 0.5) is 5.69 Å². The van der Waals surface area contributed by atoms with E-state index in [0.29, 0.717) is 11.7 Å². The lowest BCUT2D eigenvalue weighted by atomic mass is 9.67. The van der Waals surface area contributed by atoms with Gasteiger partial charge in [0.2, 0.25) is 5.91 Å². The van der Waals surface area contributed by atoms with Gasteiger partial charge in [-0.2, -0.15) is 0 Å². The predicted molar refractivity (Wildman–Crippen MR) is 129 cm³/mol.